The van der Waals surface area contributed by atoms with Crippen molar-refractivity contribution in [2.75, 3.05) is 11.5 Å². The van der Waals surface area contributed by atoms with Crippen LogP contribution < -0.4 is 5.73 Å². The van der Waals surface area contributed by atoms with E-state index in [1.165, 1.54) is 5.56 Å². The number of aryl methyl sites for hydroxylation is 1. The second-order valence-corrected chi connectivity index (χ2v) is 6.50. The van der Waals surface area contributed by atoms with Gasteiger partial charge in [0.25, 0.3) is 0 Å². The van der Waals surface area contributed by atoms with Gasteiger partial charge in [0.1, 0.15) is 0 Å². The van der Waals surface area contributed by atoms with Gasteiger partial charge in [-0.05, 0) is 49.4 Å². The number of unbranched alkanes of at least 4 members (excludes halogenated alkanes) is 1. The molecule has 2 nitrogen and oxygen atoms in total. The number of rotatable bonds is 6. The molecule has 0 fully saturated rings. The Bertz CT molecular complexity index is 581. The molecule has 0 aliphatic rings. The predicted molar refractivity (Wildman–Crippen MR) is 86.2 cm³/mol. The molecule has 2 rings (SSSR count). The van der Waals surface area contributed by atoms with Crippen molar-refractivity contribution in [3.05, 3.63) is 59.7 Å². The first-order valence-corrected chi connectivity index (χ1v) is 8.28. The monoisotopic (exact) mass is 287 g/mol. The average Bonchev–Trinajstić information content (AvgIpc) is 2.47. The zero-order valence-electron chi connectivity index (χ0n) is 11.8. The van der Waals surface area contributed by atoms with Crippen LogP contribution in [0.3, 0.4) is 0 Å². The molecule has 0 saturated carbocycles. The van der Waals surface area contributed by atoms with Gasteiger partial charge in [0, 0.05) is 16.3 Å². The van der Waals surface area contributed by atoms with Crippen LogP contribution in [0.5, 0.6) is 0 Å². The Morgan fingerprint density at radius 1 is 1.00 bits per heavy atom. The van der Waals surface area contributed by atoms with Gasteiger partial charge in [-0.3, -0.25) is 4.21 Å². The Morgan fingerprint density at radius 3 is 2.50 bits per heavy atom. The minimum atomic E-state index is -0.943. The molecule has 0 radical (unpaired) electrons. The van der Waals surface area contributed by atoms with Crippen LogP contribution in [0.15, 0.2) is 53.4 Å². The first-order valence-electron chi connectivity index (χ1n) is 6.96. The lowest BCUT2D eigenvalue weighted by Crippen LogP contribution is -2.03. The minimum absolute atomic E-state index is 0.705. The van der Waals surface area contributed by atoms with Crippen LogP contribution in [-0.2, 0) is 17.2 Å². The number of benzene rings is 2. The summed E-state index contributed by atoms with van der Waals surface area (Å²) in [7, 11) is -0.943. The van der Waals surface area contributed by atoms with Gasteiger partial charge >= 0.3 is 0 Å². The van der Waals surface area contributed by atoms with Gasteiger partial charge < -0.3 is 5.73 Å². The summed E-state index contributed by atoms with van der Waals surface area (Å²) in [6.07, 6.45) is 3.08. The summed E-state index contributed by atoms with van der Waals surface area (Å²) >= 11 is 0. The van der Waals surface area contributed by atoms with Crippen LogP contribution in [0.1, 0.15) is 24.0 Å². The summed E-state index contributed by atoms with van der Waals surface area (Å²) in [4.78, 5) is 0.879. The molecule has 1 unspecified atom stereocenters. The van der Waals surface area contributed by atoms with E-state index in [2.05, 4.69) is 24.3 Å². The van der Waals surface area contributed by atoms with E-state index in [9.17, 15) is 4.21 Å². The minimum Gasteiger partial charge on any atom is -0.398 e. The fraction of sp³-hybridized carbons (Fsp3) is 0.294. The highest BCUT2D eigenvalue weighted by molar-refractivity contribution is 7.85. The Kier molecular flexibility index (Phi) is 5.36. The van der Waals surface area contributed by atoms with Gasteiger partial charge in [-0.25, -0.2) is 0 Å². The number of hydrogen-bond donors (Lipinski definition) is 1. The molecule has 0 aromatic heterocycles. The molecule has 3 heteroatoms. The highest BCUT2D eigenvalue weighted by atomic mass is 32.2. The molecule has 0 aliphatic heterocycles. The summed E-state index contributed by atoms with van der Waals surface area (Å²) in [5, 5.41) is 0. The molecule has 0 aliphatic carbocycles. The third kappa shape index (κ3) is 3.94. The van der Waals surface area contributed by atoms with E-state index in [-0.39, 0.29) is 0 Å². The molecule has 0 bridgehead atoms. The number of anilines is 1. The van der Waals surface area contributed by atoms with Gasteiger partial charge in [0.05, 0.1) is 10.8 Å². The lowest BCUT2D eigenvalue weighted by Gasteiger charge is -2.08. The molecule has 2 aromatic rings. The maximum atomic E-state index is 12.3. The summed E-state index contributed by atoms with van der Waals surface area (Å²) in [6.45, 7) is 1.94. The van der Waals surface area contributed by atoms with Gasteiger partial charge in [-0.2, -0.15) is 0 Å². The zero-order chi connectivity index (χ0) is 14.4. The summed E-state index contributed by atoms with van der Waals surface area (Å²) < 4.78 is 12.3. The summed E-state index contributed by atoms with van der Waals surface area (Å²) in [5.41, 5.74) is 8.88. The van der Waals surface area contributed by atoms with Crippen molar-refractivity contribution in [2.24, 2.45) is 0 Å². The van der Waals surface area contributed by atoms with E-state index < -0.39 is 10.8 Å². The van der Waals surface area contributed by atoms with Crippen molar-refractivity contribution in [3.63, 3.8) is 0 Å². The molecule has 20 heavy (non-hydrogen) atoms. The Labute approximate surface area is 123 Å². The zero-order valence-corrected chi connectivity index (χ0v) is 12.7. The van der Waals surface area contributed by atoms with E-state index >= 15 is 0 Å². The fourth-order valence-electron chi connectivity index (χ4n) is 2.19. The fourth-order valence-corrected chi connectivity index (χ4v) is 3.57. The third-order valence-electron chi connectivity index (χ3n) is 3.46. The average molecular weight is 287 g/mol. The molecule has 0 heterocycles. The topological polar surface area (TPSA) is 43.1 Å². The molecule has 0 amide bonds. The van der Waals surface area contributed by atoms with E-state index in [4.69, 9.17) is 5.73 Å². The molecular formula is C17H21NOS. The van der Waals surface area contributed by atoms with Gasteiger partial charge in [0.15, 0.2) is 0 Å². The second-order valence-electron chi connectivity index (χ2n) is 4.96. The molecule has 106 valence electrons. The Hall–Kier alpha value is -1.61. The molecular weight excluding hydrogens is 266 g/mol. The number of nitrogens with two attached hydrogens (primary N) is 1. The SMILES string of the molecule is Cc1c(N)cccc1S(=O)CCCCc1ccccc1. The summed E-state index contributed by atoms with van der Waals surface area (Å²) in [6, 6.07) is 16.1. The first-order chi connectivity index (χ1) is 9.68. The van der Waals surface area contributed by atoms with Crippen LogP contribution in [0.4, 0.5) is 5.69 Å². The van der Waals surface area contributed by atoms with Crippen LogP contribution >= 0.6 is 0 Å². The van der Waals surface area contributed by atoms with Crippen LogP contribution in [0, 0.1) is 6.92 Å². The maximum Gasteiger partial charge on any atom is 0.0532 e. The summed E-state index contributed by atoms with van der Waals surface area (Å²) in [5.74, 6) is 0.705. The van der Waals surface area contributed by atoms with Crippen molar-refractivity contribution in [2.45, 2.75) is 31.1 Å². The number of hydrogen-bond acceptors (Lipinski definition) is 2. The maximum absolute atomic E-state index is 12.3. The predicted octanol–water partition coefficient (Wildman–Crippen LogP) is 3.71. The molecule has 0 saturated heterocycles. The van der Waals surface area contributed by atoms with Gasteiger partial charge in [0.2, 0.25) is 0 Å². The standard InChI is InChI=1S/C17H21NOS/c1-14-16(18)11-7-12-17(14)20(19)13-6-5-10-15-8-3-2-4-9-15/h2-4,7-9,11-12H,5-6,10,13,18H2,1H3. The van der Waals surface area contributed by atoms with Gasteiger partial charge in [-0.1, -0.05) is 36.4 Å². The number of nitrogen functional groups attached to an aromatic ring is 1. The van der Waals surface area contributed by atoms with E-state index in [1.54, 1.807) is 0 Å². The Morgan fingerprint density at radius 2 is 1.75 bits per heavy atom. The Balaban J connectivity index is 1.82. The highest BCUT2D eigenvalue weighted by Crippen LogP contribution is 2.20. The smallest absolute Gasteiger partial charge is 0.0532 e. The van der Waals surface area contributed by atoms with Crippen LogP contribution in [0.25, 0.3) is 0 Å². The van der Waals surface area contributed by atoms with E-state index in [0.29, 0.717) is 5.75 Å². The van der Waals surface area contributed by atoms with E-state index in [0.717, 1.165) is 35.4 Å². The van der Waals surface area contributed by atoms with Crippen molar-refractivity contribution in [1.82, 2.24) is 0 Å². The highest BCUT2D eigenvalue weighted by Gasteiger charge is 2.08. The quantitative estimate of drug-likeness (QED) is 0.650. The lowest BCUT2D eigenvalue weighted by atomic mass is 10.1. The molecule has 2 aromatic carbocycles. The lowest BCUT2D eigenvalue weighted by molar-refractivity contribution is 0.677. The third-order valence-corrected chi connectivity index (χ3v) is 5.05. The molecule has 2 N–H and O–H groups in total. The largest absolute Gasteiger partial charge is 0.398 e. The molecule has 1 atom stereocenters. The van der Waals surface area contributed by atoms with Crippen molar-refractivity contribution in [1.29, 1.82) is 0 Å². The van der Waals surface area contributed by atoms with Gasteiger partial charge in [-0.15, -0.1) is 0 Å². The van der Waals surface area contributed by atoms with Crippen molar-refractivity contribution >= 4 is 16.5 Å². The van der Waals surface area contributed by atoms with Crippen LogP contribution in [0.2, 0.25) is 0 Å². The van der Waals surface area contributed by atoms with Crippen molar-refractivity contribution < 1.29 is 4.21 Å². The van der Waals surface area contributed by atoms with E-state index in [1.807, 2.05) is 31.2 Å². The second kappa shape index (κ2) is 7.25. The van der Waals surface area contributed by atoms with Crippen molar-refractivity contribution in [3.8, 4) is 0 Å². The molecule has 0 spiro atoms. The normalized spacial score (nSPS) is 12.2. The van der Waals surface area contributed by atoms with Crippen LogP contribution in [-0.4, -0.2) is 9.96 Å². The first kappa shape index (κ1) is 14.8.